The average molecular weight is 272 g/mol. The Morgan fingerprint density at radius 2 is 1.75 bits per heavy atom. The number of nitrogens with zero attached hydrogens (tertiary/aromatic N) is 1. The second-order valence-corrected chi connectivity index (χ2v) is 7.08. The van der Waals surface area contributed by atoms with Gasteiger partial charge in [-0.15, -0.1) is 0 Å². The van der Waals surface area contributed by atoms with Crippen LogP contribution in [-0.4, -0.2) is 30.1 Å². The standard InChI is InChI=1S/C18H28N2/c1-14(2)11-15-3-5-16(6-4-15)12-20-10-9-17-7-8-18(13-20)19-17/h3-6,14,17-19H,7-13H2,1-2H3. The van der Waals surface area contributed by atoms with Crippen molar-refractivity contribution >= 4 is 0 Å². The highest BCUT2D eigenvalue weighted by molar-refractivity contribution is 5.23. The lowest BCUT2D eigenvalue weighted by atomic mass is 10.0. The molecule has 2 heteroatoms. The van der Waals surface area contributed by atoms with E-state index < -0.39 is 0 Å². The van der Waals surface area contributed by atoms with Crippen molar-refractivity contribution in [3.63, 3.8) is 0 Å². The lowest BCUT2D eigenvalue weighted by Gasteiger charge is -2.24. The molecule has 1 aromatic rings. The summed E-state index contributed by atoms with van der Waals surface area (Å²) >= 11 is 0. The molecule has 2 atom stereocenters. The number of rotatable bonds is 4. The SMILES string of the molecule is CC(C)Cc1ccc(CN2CCC3CCC(C2)N3)cc1. The highest BCUT2D eigenvalue weighted by Crippen LogP contribution is 2.21. The minimum Gasteiger partial charge on any atom is -0.310 e. The molecule has 3 rings (SSSR count). The fraction of sp³-hybridized carbons (Fsp3) is 0.667. The van der Waals surface area contributed by atoms with Crippen molar-refractivity contribution in [2.24, 2.45) is 5.92 Å². The molecule has 0 amide bonds. The van der Waals surface area contributed by atoms with Crippen molar-refractivity contribution in [1.82, 2.24) is 10.2 Å². The number of hydrogen-bond acceptors (Lipinski definition) is 2. The quantitative estimate of drug-likeness (QED) is 0.905. The molecule has 2 heterocycles. The summed E-state index contributed by atoms with van der Waals surface area (Å²) in [7, 11) is 0. The van der Waals surface area contributed by atoms with Crippen LogP contribution in [-0.2, 0) is 13.0 Å². The van der Waals surface area contributed by atoms with Crippen LogP contribution in [0.3, 0.4) is 0 Å². The zero-order valence-electron chi connectivity index (χ0n) is 12.9. The molecule has 2 bridgehead atoms. The van der Waals surface area contributed by atoms with Crippen molar-refractivity contribution in [1.29, 1.82) is 0 Å². The topological polar surface area (TPSA) is 15.3 Å². The van der Waals surface area contributed by atoms with Crippen LogP contribution in [0.25, 0.3) is 0 Å². The molecule has 0 aromatic heterocycles. The van der Waals surface area contributed by atoms with Crippen LogP contribution in [0.2, 0.25) is 0 Å². The van der Waals surface area contributed by atoms with Gasteiger partial charge in [0.2, 0.25) is 0 Å². The van der Waals surface area contributed by atoms with E-state index in [1.165, 1.54) is 49.9 Å². The maximum absolute atomic E-state index is 3.76. The van der Waals surface area contributed by atoms with E-state index in [-0.39, 0.29) is 0 Å². The van der Waals surface area contributed by atoms with Gasteiger partial charge in [0.1, 0.15) is 0 Å². The van der Waals surface area contributed by atoms with Gasteiger partial charge >= 0.3 is 0 Å². The molecular formula is C18H28N2. The Morgan fingerprint density at radius 1 is 1.05 bits per heavy atom. The van der Waals surface area contributed by atoms with Gasteiger partial charge in [-0.05, 0) is 42.7 Å². The minimum absolute atomic E-state index is 0.739. The summed E-state index contributed by atoms with van der Waals surface area (Å²) in [5.41, 5.74) is 2.94. The van der Waals surface area contributed by atoms with Gasteiger partial charge in [0.15, 0.2) is 0 Å². The second-order valence-electron chi connectivity index (χ2n) is 7.08. The Balaban J connectivity index is 1.57. The predicted octanol–water partition coefficient (Wildman–Crippen LogP) is 3.21. The number of nitrogens with one attached hydrogen (secondary N) is 1. The molecule has 2 nitrogen and oxygen atoms in total. The third-order valence-corrected chi connectivity index (χ3v) is 4.68. The lowest BCUT2D eigenvalue weighted by Crippen LogP contribution is -2.34. The van der Waals surface area contributed by atoms with E-state index in [0.717, 1.165) is 24.5 Å². The van der Waals surface area contributed by atoms with Crippen molar-refractivity contribution in [2.45, 2.75) is 58.2 Å². The fourth-order valence-electron chi connectivity index (χ4n) is 3.67. The first-order chi connectivity index (χ1) is 9.69. The summed E-state index contributed by atoms with van der Waals surface area (Å²) in [6.45, 7) is 8.17. The van der Waals surface area contributed by atoms with Gasteiger partial charge in [-0.3, -0.25) is 4.90 Å². The van der Waals surface area contributed by atoms with E-state index in [9.17, 15) is 0 Å². The molecule has 20 heavy (non-hydrogen) atoms. The zero-order chi connectivity index (χ0) is 13.9. The van der Waals surface area contributed by atoms with Crippen molar-refractivity contribution in [2.75, 3.05) is 13.1 Å². The molecule has 110 valence electrons. The average Bonchev–Trinajstić information content (AvgIpc) is 2.74. The largest absolute Gasteiger partial charge is 0.310 e. The molecule has 0 aliphatic carbocycles. The Bertz CT molecular complexity index is 424. The van der Waals surface area contributed by atoms with Gasteiger partial charge in [0.05, 0.1) is 0 Å². The number of benzene rings is 1. The van der Waals surface area contributed by atoms with E-state index in [0.29, 0.717) is 0 Å². The van der Waals surface area contributed by atoms with Gasteiger partial charge in [-0.1, -0.05) is 38.1 Å². The Kier molecular flexibility index (Phi) is 4.42. The zero-order valence-corrected chi connectivity index (χ0v) is 12.9. The predicted molar refractivity (Wildman–Crippen MR) is 84.8 cm³/mol. The molecule has 2 aliphatic heterocycles. The highest BCUT2D eigenvalue weighted by Gasteiger charge is 2.28. The van der Waals surface area contributed by atoms with E-state index in [2.05, 4.69) is 48.3 Å². The monoisotopic (exact) mass is 272 g/mol. The molecule has 1 N–H and O–H groups in total. The second kappa shape index (κ2) is 6.28. The van der Waals surface area contributed by atoms with Crippen LogP contribution >= 0.6 is 0 Å². The molecule has 2 unspecified atom stereocenters. The van der Waals surface area contributed by atoms with Gasteiger partial charge < -0.3 is 5.32 Å². The number of likely N-dealkylation sites (tertiary alicyclic amines) is 1. The molecule has 0 radical (unpaired) electrons. The van der Waals surface area contributed by atoms with Crippen LogP contribution in [0.15, 0.2) is 24.3 Å². The van der Waals surface area contributed by atoms with Crippen molar-refractivity contribution in [3.8, 4) is 0 Å². The maximum atomic E-state index is 3.76. The number of hydrogen-bond donors (Lipinski definition) is 1. The van der Waals surface area contributed by atoms with Gasteiger partial charge in [-0.25, -0.2) is 0 Å². The van der Waals surface area contributed by atoms with E-state index >= 15 is 0 Å². The van der Waals surface area contributed by atoms with Crippen LogP contribution in [0.4, 0.5) is 0 Å². The third kappa shape index (κ3) is 3.62. The molecule has 0 saturated carbocycles. The first-order valence-electron chi connectivity index (χ1n) is 8.25. The first kappa shape index (κ1) is 14.1. The van der Waals surface area contributed by atoms with E-state index in [1.807, 2.05) is 0 Å². The number of fused-ring (bicyclic) bond motifs is 2. The minimum atomic E-state index is 0.739. The fourth-order valence-corrected chi connectivity index (χ4v) is 3.67. The summed E-state index contributed by atoms with van der Waals surface area (Å²) in [4.78, 5) is 2.63. The summed E-state index contributed by atoms with van der Waals surface area (Å²) in [5.74, 6) is 0.744. The van der Waals surface area contributed by atoms with E-state index in [4.69, 9.17) is 0 Å². The Labute approximate surface area is 123 Å². The van der Waals surface area contributed by atoms with Crippen molar-refractivity contribution < 1.29 is 0 Å². The lowest BCUT2D eigenvalue weighted by molar-refractivity contribution is 0.251. The molecule has 2 aliphatic rings. The van der Waals surface area contributed by atoms with Gasteiger partial charge in [-0.2, -0.15) is 0 Å². The molecule has 2 fully saturated rings. The normalized spacial score (nSPS) is 26.9. The summed E-state index contributed by atoms with van der Waals surface area (Å²) in [5, 5.41) is 3.76. The Hall–Kier alpha value is -0.860. The van der Waals surface area contributed by atoms with Crippen LogP contribution in [0.1, 0.15) is 44.2 Å². The van der Waals surface area contributed by atoms with Crippen LogP contribution in [0, 0.1) is 5.92 Å². The third-order valence-electron chi connectivity index (χ3n) is 4.68. The first-order valence-corrected chi connectivity index (χ1v) is 8.25. The highest BCUT2D eigenvalue weighted by atomic mass is 15.2. The van der Waals surface area contributed by atoms with Crippen LogP contribution in [0.5, 0.6) is 0 Å². The smallest absolute Gasteiger partial charge is 0.0234 e. The summed E-state index contributed by atoms with van der Waals surface area (Å²) in [6.07, 6.45) is 5.27. The van der Waals surface area contributed by atoms with E-state index in [1.54, 1.807) is 0 Å². The maximum Gasteiger partial charge on any atom is 0.0234 e. The van der Waals surface area contributed by atoms with Gasteiger partial charge in [0, 0.05) is 31.7 Å². The van der Waals surface area contributed by atoms with Crippen LogP contribution < -0.4 is 5.32 Å². The van der Waals surface area contributed by atoms with Crippen molar-refractivity contribution in [3.05, 3.63) is 35.4 Å². The summed E-state index contributed by atoms with van der Waals surface area (Å²) < 4.78 is 0. The van der Waals surface area contributed by atoms with Gasteiger partial charge in [0.25, 0.3) is 0 Å². The molecule has 1 aromatic carbocycles. The molecule has 0 spiro atoms. The molecular weight excluding hydrogens is 244 g/mol. The molecule has 2 saturated heterocycles. The Morgan fingerprint density at radius 3 is 2.50 bits per heavy atom. The summed E-state index contributed by atoms with van der Waals surface area (Å²) in [6, 6.07) is 10.8.